The number of anilines is 1. The molecule has 2 aliphatic rings. The Morgan fingerprint density at radius 1 is 0.939 bits per heavy atom. The fraction of sp³-hybridized carbons (Fsp3) is 0.400. The fourth-order valence-corrected chi connectivity index (χ4v) is 5.57. The number of fused-ring (bicyclic) bond motifs is 3. The maximum Gasteiger partial charge on any atom is 0.261 e. The van der Waals surface area contributed by atoms with E-state index in [9.17, 15) is 18.0 Å². The Hall–Kier alpha value is -3.00. The van der Waals surface area contributed by atoms with Gasteiger partial charge in [0.2, 0.25) is 0 Å². The van der Waals surface area contributed by atoms with E-state index < -0.39 is 9.84 Å². The number of hydrogen-bond donors (Lipinski definition) is 0. The lowest BCUT2D eigenvalue weighted by molar-refractivity contribution is 0.0985. The van der Waals surface area contributed by atoms with Crippen LogP contribution in [0.2, 0.25) is 0 Å². The van der Waals surface area contributed by atoms with Crippen molar-refractivity contribution in [2.75, 3.05) is 17.7 Å². The molecular weight excluding hydrogens is 438 g/mol. The Morgan fingerprint density at radius 3 is 2.58 bits per heavy atom. The van der Waals surface area contributed by atoms with Crippen LogP contribution in [-0.4, -0.2) is 36.7 Å². The molecule has 1 aromatic heterocycles. The average molecular weight is 466 g/mol. The van der Waals surface area contributed by atoms with Crippen LogP contribution in [0.25, 0.3) is 10.9 Å². The van der Waals surface area contributed by atoms with Crippen LogP contribution in [-0.2, 0) is 29.2 Å². The molecule has 3 heterocycles. The molecule has 0 radical (unpaired) electrons. The number of sulfone groups is 1. The van der Waals surface area contributed by atoms with E-state index in [1.54, 1.807) is 45.9 Å². The molecule has 172 valence electrons. The molecule has 0 saturated carbocycles. The van der Waals surface area contributed by atoms with Gasteiger partial charge in [-0.2, -0.15) is 0 Å². The van der Waals surface area contributed by atoms with Crippen LogP contribution in [0.1, 0.15) is 53.8 Å². The third-order valence-electron chi connectivity index (χ3n) is 6.66. The van der Waals surface area contributed by atoms with E-state index in [2.05, 4.69) is 0 Å². The molecule has 7 nitrogen and oxygen atoms in total. The van der Waals surface area contributed by atoms with Gasteiger partial charge in [0.1, 0.15) is 5.82 Å². The van der Waals surface area contributed by atoms with Gasteiger partial charge in [-0.15, -0.1) is 0 Å². The maximum atomic E-state index is 13.5. The molecule has 8 heteroatoms. The number of aryl methyl sites for hydroxylation is 2. The highest BCUT2D eigenvalue weighted by Crippen LogP contribution is 2.31. The molecule has 2 aromatic carbocycles. The van der Waals surface area contributed by atoms with Gasteiger partial charge in [-0.1, -0.05) is 12.8 Å². The summed E-state index contributed by atoms with van der Waals surface area (Å²) in [6, 6.07) is 10.1. The van der Waals surface area contributed by atoms with E-state index in [4.69, 9.17) is 4.98 Å². The monoisotopic (exact) mass is 465 g/mol. The zero-order valence-electron chi connectivity index (χ0n) is 18.7. The van der Waals surface area contributed by atoms with Crippen LogP contribution in [0.5, 0.6) is 0 Å². The summed E-state index contributed by atoms with van der Waals surface area (Å²) in [5.41, 5.74) is 2.60. The first kappa shape index (κ1) is 21.8. The molecular formula is C25H27N3O4S. The van der Waals surface area contributed by atoms with Crippen molar-refractivity contribution in [2.45, 2.75) is 56.4 Å². The summed E-state index contributed by atoms with van der Waals surface area (Å²) < 4.78 is 25.7. The van der Waals surface area contributed by atoms with E-state index in [-0.39, 0.29) is 16.4 Å². The van der Waals surface area contributed by atoms with Crippen molar-refractivity contribution in [3.05, 3.63) is 63.7 Å². The second-order valence-electron chi connectivity index (χ2n) is 9.00. The van der Waals surface area contributed by atoms with Crippen LogP contribution in [0.3, 0.4) is 0 Å². The van der Waals surface area contributed by atoms with Crippen molar-refractivity contribution < 1.29 is 13.2 Å². The highest BCUT2D eigenvalue weighted by atomic mass is 32.2. The van der Waals surface area contributed by atoms with Gasteiger partial charge in [-0.3, -0.25) is 14.2 Å². The summed E-state index contributed by atoms with van der Waals surface area (Å²) in [5.74, 6) is 0.632. The highest BCUT2D eigenvalue weighted by molar-refractivity contribution is 7.90. The lowest BCUT2D eigenvalue weighted by atomic mass is 10.0. The smallest absolute Gasteiger partial charge is 0.261 e. The molecule has 33 heavy (non-hydrogen) atoms. The first-order chi connectivity index (χ1) is 15.8. The minimum Gasteiger partial charge on any atom is -0.308 e. The SMILES string of the molecule is CS(=O)(=O)c1ccc2c(c1)CCCN2C(=O)c1ccc2c(=O)n3c(nc2c1)CCCCCC3. The molecule has 3 aromatic rings. The van der Waals surface area contributed by atoms with Gasteiger partial charge in [-0.05, 0) is 67.6 Å². The van der Waals surface area contributed by atoms with Crippen molar-refractivity contribution in [3.63, 3.8) is 0 Å². The van der Waals surface area contributed by atoms with Crippen LogP contribution in [0, 0.1) is 0 Å². The van der Waals surface area contributed by atoms with Gasteiger partial charge < -0.3 is 4.90 Å². The van der Waals surface area contributed by atoms with E-state index in [0.717, 1.165) is 62.0 Å². The zero-order valence-corrected chi connectivity index (χ0v) is 19.5. The second kappa shape index (κ2) is 8.41. The molecule has 1 amide bonds. The van der Waals surface area contributed by atoms with Crippen LogP contribution < -0.4 is 10.5 Å². The molecule has 0 spiro atoms. The molecule has 0 saturated heterocycles. The largest absolute Gasteiger partial charge is 0.308 e. The summed E-state index contributed by atoms with van der Waals surface area (Å²) >= 11 is 0. The Balaban J connectivity index is 1.53. The number of carbonyl (C=O) groups excluding carboxylic acids is 1. The quantitative estimate of drug-likeness (QED) is 0.578. The molecule has 0 fully saturated rings. The lowest BCUT2D eigenvalue weighted by Crippen LogP contribution is -2.35. The lowest BCUT2D eigenvalue weighted by Gasteiger charge is -2.30. The van der Waals surface area contributed by atoms with Gasteiger partial charge in [-0.25, -0.2) is 13.4 Å². The molecule has 0 aliphatic carbocycles. The fourth-order valence-electron chi connectivity index (χ4n) is 4.90. The van der Waals surface area contributed by atoms with Gasteiger partial charge in [0.25, 0.3) is 11.5 Å². The summed E-state index contributed by atoms with van der Waals surface area (Å²) in [6.07, 6.45) is 7.70. The molecule has 0 N–H and O–H groups in total. The van der Waals surface area contributed by atoms with Crippen molar-refractivity contribution in [2.24, 2.45) is 0 Å². The Kier molecular flexibility index (Phi) is 5.56. The maximum absolute atomic E-state index is 13.5. The van der Waals surface area contributed by atoms with Gasteiger partial charge in [0.15, 0.2) is 9.84 Å². The van der Waals surface area contributed by atoms with Gasteiger partial charge >= 0.3 is 0 Å². The number of hydrogen-bond acceptors (Lipinski definition) is 5. The molecule has 0 unspecified atom stereocenters. The molecule has 5 rings (SSSR count). The topological polar surface area (TPSA) is 89.3 Å². The Labute approximate surface area is 193 Å². The van der Waals surface area contributed by atoms with E-state index in [1.807, 2.05) is 0 Å². The normalized spacial score (nSPS) is 16.6. The number of carbonyl (C=O) groups is 1. The van der Waals surface area contributed by atoms with Crippen molar-refractivity contribution in [1.29, 1.82) is 0 Å². The number of amides is 1. The summed E-state index contributed by atoms with van der Waals surface area (Å²) in [6.45, 7) is 1.25. The minimum atomic E-state index is -3.31. The van der Waals surface area contributed by atoms with E-state index >= 15 is 0 Å². The van der Waals surface area contributed by atoms with Crippen molar-refractivity contribution in [3.8, 4) is 0 Å². The standard InChI is InChI=1S/C25H27N3O4S/c1-33(31,32)19-10-12-22-17(15-19)7-6-14-27(22)24(29)18-9-11-20-21(16-18)26-23-8-4-2-3-5-13-28(23)25(20)30/h9-12,15-16H,2-8,13-14H2,1H3. The van der Waals surface area contributed by atoms with Crippen molar-refractivity contribution in [1.82, 2.24) is 9.55 Å². The number of benzene rings is 2. The molecule has 0 atom stereocenters. The third-order valence-corrected chi connectivity index (χ3v) is 7.77. The van der Waals surface area contributed by atoms with Gasteiger partial charge in [0, 0.05) is 37.0 Å². The first-order valence-electron chi connectivity index (χ1n) is 11.5. The zero-order chi connectivity index (χ0) is 23.2. The summed E-state index contributed by atoms with van der Waals surface area (Å²) in [4.78, 5) is 33.3. The van der Waals surface area contributed by atoms with Crippen LogP contribution >= 0.6 is 0 Å². The Bertz CT molecular complexity index is 1430. The predicted molar refractivity (Wildman–Crippen MR) is 128 cm³/mol. The molecule has 2 aliphatic heterocycles. The number of nitrogens with zero attached hydrogens (tertiary/aromatic N) is 3. The predicted octanol–water partition coefficient (Wildman–Crippen LogP) is 3.51. The summed E-state index contributed by atoms with van der Waals surface area (Å²) in [5, 5.41) is 0.535. The van der Waals surface area contributed by atoms with Crippen LogP contribution in [0.4, 0.5) is 5.69 Å². The van der Waals surface area contributed by atoms with Gasteiger partial charge in [0.05, 0.1) is 15.8 Å². The van der Waals surface area contributed by atoms with E-state index in [0.29, 0.717) is 29.6 Å². The molecule has 0 bridgehead atoms. The third kappa shape index (κ3) is 4.08. The summed E-state index contributed by atoms with van der Waals surface area (Å²) in [7, 11) is -3.31. The first-order valence-corrected chi connectivity index (χ1v) is 13.4. The minimum absolute atomic E-state index is 0.0347. The number of aromatic nitrogens is 2. The Morgan fingerprint density at radius 2 is 1.76 bits per heavy atom. The second-order valence-corrected chi connectivity index (χ2v) is 11.0. The van der Waals surface area contributed by atoms with Crippen LogP contribution in [0.15, 0.2) is 46.1 Å². The highest BCUT2D eigenvalue weighted by Gasteiger charge is 2.25. The average Bonchev–Trinajstić information content (AvgIpc) is 2.78. The number of rotatable bonds is 2. The van der Waals surface area contributed by atoms with Crippen molar-refractivity contribution >= 4 is 32.3 Å². The van der Waals surface area contributed by atoms with E-state index in [1.165, 1.54) is 6.26 Å².